The van der Waals surface area contributed by atoms with Crippen molar-refractivity contribution in [3.63, 3.8) is 0 Å². The van der Waals surface area contributed by atoms with E-state index in [9.17, 15) is 9.90 Å². The first-order valence-electron chi connectivity index (χ1n) is 9.42. The number of hydrogen-bond donors (Lipinski definition) is 2. The molecule has 2 aromatic carbocycles. The summed E-state index contributed by atoms with van der Waals surface area (Å²) in [6.07, 6.45) is 1.85. The number of hydrogen-bond acceptors (Lipinski definition) is 5. The van der Waals surface area contributed by atoms with Crippen LogP contribution in [0.15, 0.2) is 40.8 Å². The van der Waals surface area contributed by atoms with Gasteiger partial charge in [-0.25, -0.2) is 0 Å². The molecule has 0 amide bonds. The molecule has 0 atom stereocenters. The van der Waals surface area contributed by atoms with Gasteiger partial charge in [0.15, 0.2) is 5.58 Å². The van der Waals surface area contributed by atoms with Crippen LogP contribution < -0.4 is 10.2 Å². The summed E-state index contributed by atoms with van der Waals surface area (Å²) in [5.74, 6) is -0.846. The molecule has 3 heterocycles. The highest BCUT2D eigenvalue weighted by molar-refractivity contribution is 6.31. The lowest BCUT2D eigenvalue weighted by atomic mass is 10.1. The molecule has 8 heteroatoms. The van der Waals surface area contributed by atoms with Crippen LogP contribution in [-0.2, 0) is 17.8 Å². The summed E-state index contributed by atoms with van der Waals surface area (Å²) in [6, 6.07) is 11.8. The number of fused-ring (bicyclic) bond motifs is 4. The van der Waals surface area contributed by atoms with E-state index in [4.69, 9.17) is 16.0 Å². The van der Waals surface area contributed by atoms with Gasteiger partial charge in [-0.2, -0.15) is 4.98 Å². The molecule has 0 saturated carbocycles. The average molecular weight is 411 g/mol. The molecule has 0 spiro atoms. The zero-order valence-corrected chi connectivity index (χ0v) is 16.5. The number of carboxylic acids is 1. The Morgan fingerprint density at radius 2 is 2.21 bits per heavy atom. The van der Waals surface area contributed by atoms with Gasteiger partial charge in [0, 0.05) is 35.4 Å². The van der Waals surface area contributed by atoms with E-state index in [0.29, 0.717) is 22.1 Å². The number of carboxylic acid groups (broad SMARTS) is 1. The summed E-state index contributed by atoms with van der Waals surface area (Å²) in [7, 11) is 1.89. The molecule has 0 fully saturated rings. The number of rotatable bonds is 4. The van der Waals surface area contributed by atoms with E-state index in [1.165, 1.54) is 0 Å². The standard InChI is InChI=1S/C21H19ClN4O3/c1-25(21-24-15-9-12(22)4-7-18(15)29-21)13-5-6-16-14(10-13)20-17(3-2-8-23-20)26(16)11-19(27)28/h4-7,9-10,23H,2-3,8,11H2,1H3,(H,27,28). The van der Waals surface area contributed by atoms with Crippen molar-refractivity contribution < 1.29 is 14.3 Å². The largest absolute Gasteiger partial charge is 0.480 e. The van der Waals surface area contributed by atoms with Crippen LogP contribution in [0.25, 0.3) is 22.0 Å². The first kappa shape index (κ1) is 17.9. The maximum absolute atomic E-state index is 11.4. The Hall–Kier alpha value is -3.19. The third-order valence-electron chi connectivity index (χ3n) is 5.35. The van der Waals surface area contributed by atoms with Gasteiger partial charge in [-0.15, -0.1) is 0 Å². The molecule has 2 N–H and O–H groups in total. The number of benzene rings is 2. The monoisotopic (exact) mass is 410 g/mol. The zero-order chi connectivity index (χ0) is 20.1. The summed E-state index contributed by atoms with van der Waals surface area (Å²) < 4.78 is 7.77. The minimum absolute atomic E-state index is 0.0470. The fourth-order valence-corrected chi connectivity index (χ4v) is 4.16. The molecule has 0 unspecified atom stereocenters. The number of nitrogens with zero attached hydrogens (tertiary/aromatic N) is 3. The van der Waals surface area contributed by atoms with Gasteiger partial charge in [0.2, 0.25) is 0 Å². The number of aromatic nitrogens is 2. The molecule has 148 valence electrons. The first-order chi connectivity index (χ1) is 14.0. The number of nitrogens with one attached hydrogen (secondary N) is 1. The SMILES string of the molecule is CN(c1ccc2c(c1)c1c(n2CC(=O)O)CCCN1)c1nc2cc(Cl)ccc2o1. The van der Waals surface area contributed by atoms with Gasteiger partial charge in [0.05, 0.1) is 11.2 Å². The van der Waals surface area contributed by atoms with E-state index < -0.39 is 5.97 Å². The number of anilines is 3. The molecule has 0 radical (unpaired) electrons. The quantitative estimate of drug-likeness (QED) is 0.509. The Labute approximate surface area is 171 Å². The Morgan fingerprint density at radius 3 is 3.03 bits per heavy atom. The second-order valence-electron chi connectivity index (χ2n) is 7.20. The molecule has 0 bridgehead atoms. The number of halogens is 1. The van der Waals surface area contributed by atoms with Gasteiger partial charge < -0.3 is 19.4 Å². The van der Waals surface area contributed by atoms with Crippen LogP contribution in [0.4, 0.5) is 17.4 Å². The maximum atomic E-state index is 11.4. The summed E-state index contributed by atoms with van der Waals surface area (Å²) in [4.78, 5) is 17.8. The van der Waals surface area contributed by atoms with Crippen LogP contribution in [0.2, 0.25) is 5.02 Å². The summed E-state index contributed by atoms with van der Waals surface area (Å²) in [5.41, 5.74) is 5.25. The minimum atomic E-state index is -0.846. The summed E-state index contributed by atoms with van der Waals surface area (Å²) >= 11 is 6.05. The summed E-state index contributed by atoms with van der Waals surface area (Å²) in [5, 5.41) is 14.4. The number of carbonyl (C=O) groups is 1. The van der Waals surface area contributed by atoms with E-state index in [1.807, 2.05) is 34.7 Å². The molecule has 0 saturated heterocycles. The third-order valence-corrected chi connectivity index (χ3v) is 5.59. The zero-order valence-electron chi connectivity index (χ0n) is 15.8. The molecule has 1 aliphatic rings. The van der Waals surface area contributed by atoms with Crippen LogP contribution in [0.1, 0.15) is 12.1 Å². The lowest BCUT2D eigenvalue weighted by Gasteiger charge is -2.17. The lowest BCUT2D eigenvalue weighted by molar-refractivity contribution is -0.137. The average Bonchev–Trinajstić information content (AvgIpc) is 3.26. The van der Waals surface area contributed by atoms with Crippen LogP contribution >= 0.6 is 11.6 Å². The Bertz CT molecular complexity index is 1260. The molecule has 4 aromatic rings. The van der Waals surface area contributed by atoms with Crippen LogP contribution in [0, 0.1) is 0 Å². The molecule has 7 nitrogen and oxygen atoms in total. The molecule has 29 heavy (non-hydrogen) atoms. The predicted molar refractivity (Wildman–Crippen MR) is 113 cm³/mol. The fraction of sp³-hybridized carbons (Fsp3) is 0.238. The molecule has 0 aliphatic carbocycles. The third kappa shape index (κ3) is 2.98. The van der Waals surface area contributed by atoms with E-state index >= 15 is 0 Å². The van der Waals surface area contributed by atoms with Crippen molar-refractivity contribution in [2.45, 2.75) is 19.4 Å². The highest BCUT2D eigenvalue weighted by Gasteiger charge is 2.22. The molecule has 2 aromatic heterocycles. The van der Waals surface area contributed by atoms with E-state index in [2.05, 4.69) is 10.3 Å². The van der Waals surface area contributed by atoms with E-state index in [1.54, 1.807) is 18.2 Å². The van der Waals surface area contributed by atoms with E-state index in [0.717, 1.165) is 47.4 Å². The Balaban J connectivity index is 1.60. The minimum Gasteiger partial charge on any atom is -0.480 e. The highest BCUT2D eigenvalue weighted by atomic mass is 35.5. The van der Waals surface area contributed by atoms with Crippen molar-refractivity contribution in [3.8, 4) is 0 Å². The maximum Gasteiger partial charge on any atom is 0.323 e. The van der Waals surface area contributed by atoms with Crippen molar-refractivity contribution in [3.05, 3.63) is 47.1 Å². The van der Waals surface area contributed by atoms with Gasteiger partial charge in [0.1, 0.15) is 12.1 Å². The first-order valence-corrected chi connectivity index (χ1v) is 9.79. The molecule has 5 rings (SSSR count). The smallest absolute Gasteiger partial charge is 0.323 e. The Kier molecular flexibility index (Phi) is 4.13. The van der Waals surface area contributed by atoms with Crippen molar-refractivity contribution in [2.24, 2.45) is 0 Å². The number of oxazole rings is 1. The van der Waals surface area contributed by atoms with Gasteiger partial charge >= 0.3 is 12.0 Å². The molecular formula is C21H19ClN4O3. The van der Waals surface area contributed by atoms with Gasteiger partial charge in [0.25, 0.3) is 0 Å². The predicted octanol–water partition coefficient (Wildman–Crippen LogP) is 4.65. The second-order valence-corrected chi connectivity index (χ2v) is 7.64. The van der Waals surface area contributed by atoms with Crippen LogP contribution in [0.3, 0.4) is 0 Å². The van der Waals surface area contributed by atoms with E-state index in [-0.39, 0.29) is 6.54 Å². The van der Waals surface area contributed by atoms with Gasteiger partial charge in [-0.05, 0) is 49.2 Å². The van der Waals surface area contributed by atoms with Crippen molar-refractivity contribution in [1.29, 1.82) is 0 Å². The van der Waals surface area contributed by atoms with Crippen LogP contribution in [0.5, 0.6) is 0 Å². The fourth-order valence-electron chi connectivity index (χ4n) is 3.99. The van der Waals surface area contributed by atoms with Crippen molar-refractivity contribution >= 4 is 57.0 Å². The number of aliphatic carboxylic acids is 1. The normalized spacial score (nSPS) is 13.4. The highest BCUT2D eigenvalue weighted by Crippen LogP contribution is 2.38. The Morgan fingerprint density at radius 1 is 1.34 bits per heavy atom. The van der Waals surface area contributed by atoms with Gasteiger partial charge in [-0.1, -0.05) is 11.6 Å². The topological polar surface area (TPSA) is 83.5 Å². The van der Waals surface area contributed by atoms with Crippen molar-refractivity contribution in [2.75, 3.05) is 23.8 Å². The summed E-state index contributed by atoms with van der Waals surface area (Å²) in [6.45, 7) is 0.833. The van der Waals surface area contributed by atoms with Crippen LogP contribution in [-0.4, -0.2) is 34.2 Å². The van der Waals surface area contributed by atoms with Crippen molar-refractivity contribution in [1.82, 2.24) is 9.55 Å². The molecular weight excluding hydrogens is 392 g/mol. The van der Waals surface area contributed by atoms with Gasteiger partial charge in [-0.3, -0.25) is 9.69 Å². The lowest BCUT2D eigenvalue weighted by Crippen LogP contribution is -2.16. The second kappa shape index (κ2) is 6.70. The molecule has 1 aliphatic heterocycles.